The first-order chi connectivity index (χ1) is 17.7. The van der Waals surface area contributed by atoms with Crippen molar-refractivity contribution in [1.82, 2.24) is 25.3 Å². The smallest absolute Gasteiger partial charge is 0.315 e. The number of aromatic nitrogens is 2. The second kappa shape index (κ2) is 11.2. The number of primary amides is 1. The molecule has 2 aliphatic heterocycles. The Bertz CT molecular complexity index is 1250. The van der Waals surface area contributed by atoms with E-state index in [1.165, 1.54) is 6.20 Å². The summed E-state index contributed by atoms with van der Waals surface area (Å²) in [5.41, 5.74) is 6.56. The van der Waals surface area contributed by atoms with Crippen molar-refractivity contribution < 1.29 is 18.5 Å². The summed E-state index contributed by atoms with van der Waals surface area (Å²) in [4.78, 5) is 36.5. The number of carbonyl (C=O) groups excluding carboxylic acids is 2. The van der Waals surface area contributed by atoms with Gasteiger partial charge in [-0.2, -0.15) is 4.98 Å². The summed E-state index contributed by atoms with van der Waals surface area (Å²) in [5, 5.41) is 7.10. The van der Waals surface area contributed by atoms with Gasteiger partial charge in [-0.15, -0.1) is 0 Å². The van der Waals surface area contributed by atoms with Gasteiger partial charge < -0.3 is 20.5 Å². The number of ketones is 1. The van der Waals surface area contributed by atoms with Gasteiger partial charge in [0.15, 0.2) is 11.6 Å². The normalized spacial score (nSPS) is 22.5. The molecule has 2 aliphatic rings. The van der Waals surface area contributed by atoms with Crippen molar-refractivity contribution in [3.63, 3.8) is 0 Å². The topological polar surface area (TPSA) is 130 Å². The zero-order valence-electron chi connectivity index (χ0n) is 21.3. The first-order valence-electron chi connectivity index (χ1n) is 12.1. The van der Waals surface area contributed by atoms with E-state index in [0.29, 0.717) is 44.8 Å². The predicted octanol–water partition coefficient (Wildman–Crippen LogP) is 1.51. The minimum Gasteiger partial charge on any atom is -0.361 e. The van der Waals surface area contributed by atoms with Gasteiger partial charge in [0.1, 0.15) is 11.4 Å². The van der Waals surface area contributed by atoms with Gasteiger partial charge in [-0.1, -0.05) is 29.4 Å². The number of piperazine rings is 1. The molecule has 11 heteroatoms. The van der Waals surface area contributed by atoms with E-state index in [4.69, 9.17) is 10.3 Å². The van der Waals surface area contributed by atoms with Gasteiger partial charge in [0, 0.05) is 45.2 Å². The van der Waals surface area contributed by atoms with Crippen LogP contribution < -0.4 is 11.1 Å². The van der Waals surface area contributed by atoms with Crippen molar-refractivity contribution in [1.29, 1.82) is 0 Å². The Morgan fingerprint density at radius 2 is 2.19 bits per heavy atom. The number of benzene rings is 1. The maximum absolute atomic E-state index is 15.9. The fourth-order valence-electron chi connectivity index (χ4n) is 4.84. The van der Waals surface area contributed by atoms with E-state index >= 15 is 4.39 Å². The molecule has 2 atom stereocenters. The Labute approximate surface area is 215 Å². The number of nitrogens with zero attached hydrogens (tertiary/aromatic N) is 5. The second-order valence-electron chi connectivity index (χ2n) is 9.55. The molecule has 0 bridgehead atoms. The van der Waals surface area contributed by atoms with E-state index in [-0.39, 0.29) is 11.7 Å². The van der Waals surface area contributed by atoms with Gasteiger partial charge in [0.2, 0.25) is 0 Å². The highest BCUT2D eigenvalue weighted by Crippen LogP contribution is 2.43. The summed E-state index contributed by atoms with van der Waals surface area (Å²) in [5.74, 6) is -1.17. The average molecular weight is 510 g/mol. The van der Waals surface area contributed by atoms with Crippen LogP contribution in [0.4, 0.5) is 4.39 Å². The van der Waals surface area contributed by atoms with Crippen molar-refractivity contribution in [2.45, 2.75) is 31.3 Å². The lowest BCUT2D eigenvalue weighted by Gasteiger charge is -2.49. The minimum atomic E-state index is -1.16. The van der Waals surface area contributed by atoms with Crippen LogP contribution in [0.5, 0.6) is 0 Å². The van der Waals surface area contributed by atoms with Crippen LogP contribution >= 0.6 is 0 Å². The van der Waals surface area contributed by atoms with Crippen LogP contribution in [0.2, 0.25) is 0 Å². The van der Waals surface area contributed by atoms with Crippen LogP contribution in [0.25, 0.3) is 0 Å². The zero-order valence-corrected chi connectivity index (χ0v) is 21.3. The molecule has 10 nitrogen and oxygen atoms in total. The SMILES string of the molecule is Cc1cc(C2(N3CCNCC3C(=O)C=CCN(C)C)CC=NC=C2F)ccc1Cc1noc(C(N)=O)n1. The number of likely N-dealkylation sites (N-methyl/N-ethyl adjacent to an activating group) is 1. The lowest BCUT2D eigenvalue weighted by atomic mass is 9.79. The number of aliphatic imine (C=N–C) groups is 1. The largest absolute Gasteiger partial charge is 0.361 e. The van der Waals surface area contributed by atoms with Crippen LogP contribution in [-0.2, 0) is 16.8 Å². The van der Waals surface area contributed by atoms with E-state index in [9.17, 15) is 9.59 Å². The Balaban J connectivity index is 1.68. The van der Waals surface area contributed by atoms with Crippen LogP contribution in [0.15, 0.2) is 51.9 Å². The predicted molar refractivity (Wildman–Crippen MR) is 137 cm³/mol. The molecule has 1 saturated heterocycles. The van der Waals surface area contributed by atoms with Crippen molar-refractivity contribution in [2.75, 3.05) is 40.3 Å². The van der Waals surface area contributed by atoms with Gasteiger partial charge in [-0.3, -0.25) is 19.5 Å². The highest BCUT2D eigenvalue weighted by molar-refractivity contribution is 5.94. The fraction of sp³-hybridized carbons (Fsp3) is 0.423. The molecule has 1 aromatic heterocycles. The first-order valence-corrected chi connectivity index (χ1v) is 12.1. The molecule has 3 heterocycles. The molecule has 2 aromatic rings. The first kappa shape index (κ1) is 26.5. The number of nitrogens with one attached hydrogen (secondary N) is 1. The molecule has 3 N–H and O–H groups in total. The summed E-state index contributed by atoms with van der Waals surface area (Å²) < 4.78 is 20.8. The van der Waals surface area contributed by atoms with Gasteiger partial charge in [-0.25, -0.2) is 4.39 Å². The highest BCUT2D eigenvalue weighted by Gasteiger charge is 2.48. The molecule has 0 radical (unpaired) electrons. The third-order valence-corrected chi connectivity index (χ3v) is 6.74. The molecule has 1 aromatic carbocycles. The molecule has 1 fully saturated rings. The average Bonchev–Trinajstić information content (AvgIpc) is 3.34. The summed E-state index contributed by atoms with van der Waals surface area (Å²) in [7, 11) is 3.86. The lowest BCUT2D eigenvalue weighted by Crippen LogP contribution is -2.63. The zero-order chi connectivity index (χ0) is 26.6. The van der Waals surface area contributed by atoms with E-state index in [1.54, 1.807) is 12.3 Å². The quantitative estimate of drug-likeness (QED) is 0.487. The molecule has 196 valence electrons. The molecule has 4 rings (SSSR count). The van der Waals surface area contributed by atoms with Crippen LogP contribution in [-0.4, -0.2) is 84.2 Å². The molecule has 0 aliphatic carbocycles. The number of amides is 1. The maximum Gasteiger partial charge on any atom is 0.315 e. The van der Waals surface area contributed by atoms with Crippen LogP contribution in [0.3, 0.4) is 0 Å². The van der Waals surface area contributed by atoms with Crippen LogP contribution in [0, 0.1) is 6.92 Å². The third kappa shape index (κ3) is 5.58. The van der Waals surface area contributed by atoms with E-state index in [1.807, 2.05) is 55.1 Å². The molecular formula is C26H32FN7O3. The van der Waals surface area contributed by atoms with Gasteiger partial charge in [-0.05, 0) is 43.8 Å². The van der Waals surface area contributed by atoms with Gasteiger partial charge >= 0.3 is 11.8 Å². The molecule has 0 saturated carbocycles. The Morgan fingerprint density at radius 1 is 1.38 bits per heavy atom. The molecule has 0 spiro atoms. The van der Waals surface area contributed by atoms with E-state index < -0.39 is 23.3 Å². The second-order valence-corrected chi connectivity index (χ2v) is 9.55. The summed E-state index contributed by atoms with van der Waals surface area (Å²) in [6.45, 7) is 4.11. The Hall–Kier alpha value is -3.54. The van der Waals surface area contributed by atoms with Gasteiger partial charge in [0.05, 0.1) is 12.2 Å². The van der Waals surface area contributed by atoms with E-state index in [2.05, 4.69) is 20.4 Å². The number of carbonyl (C=O) groups is 2. The van der Waals surface area contributed by atoms with Crippen molar-refractivity contribution in [3.05, 3.63) is 70.8 Å². The Kier molecular flexibility index (Phi) is 8.06. The maximum atomic E-state index is 15.9. The van der Waals surface area contributed by atoms with Gasteiger partial charge in [0.25, 0.3) is 0 Å². The summed E-state index contributed by atoms with van der Waals surface area (Å²) >= 11 is 0. The number of nitrogens with two attached hydrogens (primary N) is 1. The number of hydrogen-bond acceptors (Lipinski definition) is 9. The lowest BCUT2D eigenvalue weighted by molar-refractivity contribution is -0.123. The number of halogens is 1. The summed E-state index contributed by atoms with van der Waals surface area (Å²) in [6.07, 6.45) is 6.98. The van der Waals surface area contributed by atoms with E-state index in [0.717, 1.165) is 16.7 Å². The summed E-state index contributed by atoms with van der Waals surface area (Å²) in [6, 6.07) is 5.16. The number of aryl methyl sites for hydroxylation is 1. The standard InChI is InChI=1S/C26H32FN7O3/c1-17-13-19(7-6-18(17)14-23-31-25(24(28)36)37-32-23)26(8-9-29-16-22(26)27)34-12-10-30-15-20(34)21(35)5-4-11-33(2)3/h4-7,9,13,16,20,30H,8,10-12,14-15H2,1-3H3,(H2,28,36). The molecular weight excluding hydrogens is 477 g/mol. The number of rotatable bonds is 9. The van der Waals surface area contributed by atoms with Crippen molar-refractivity contribution in [3.8, 4) is 0 Å². The van der Waals surface area contributed by atoms with Crippen molar-refractivity contribution >= 4 is 17.9 Å². The number of hydrogen-bond donors (Lipinski definition) is 2. The Morgan fingerprint density at radius 3 is 2.86 bits per heavy atom. The minimum absolute atomic E-state index is 0.0700. The fourth-order valence-corrected chi connectivity index (χ4v) is 4.84. The van der Waals surface area contributed by atoms with Crippen molar-refractivity contribution in [2.24, 2.45) is 10.7 Å². The third-order valence-electron chi connectivity index (χ3n) is 6.74. The highest BCUT2D eigenvalue weighted by atomic mass is 19.1. The molecule has 1 amide bonds. The molecule has 37 heavy (non-hydrogen) atoms. The molecule has 2 unspecified atom stereocenters. The van der Waals surface area contributed by atoms with Crippen LogP contribution in [0.1, 0.15) is 39.6 Å². The monoisotopic (exact) mass is 509 g/mol.